The molecule has 0 saturated carbocycles. The molecule has 0 amide bonds. The largest absolute Gasteiger partial charge is 0.262 e. The lowest BCUT2D eigenvalue weighted by Gasteiger charge is -2.15. The molecule has 1 aliphatic rings. The van der Waals surface area contributed by atoms with E-state index in [-0.39, 0.29) is 16.6 Å². The average molecular weight is 283 g/mol. The maximum atomic E-state index is 13.0. The molecule has 0 N–H and O–H groups in total. The number of aromatic nitrogens is 1. The monoisotopic (exact) mass is 282 g/mol. The predicted octanol–water partition coefficient (Wildman–Crippen LogP) is 1.76. The molecular weight excluding hydrogens is 274 g/mol. The van der Waals surface area contributed by atoms with E-state index in [2.05, 4.69) is 4.98 Å². The highest BCUT2D eigenvalue weighted by Gasteiger charge is 2.43. The molecule has 0 spiro atoms. The molecule has 8 heteroatoms. The fourth-order valence-corrected chi connectivity index (χ4v) is 3.10. The first-order chi connectivity index (χ1) is 7.81. The van der Waals surface area contributed by atoms with Gasteiger partial charge in [-0.25, -0.2) is 22.2 Å². The van der Waals surface area contributed by atoms with Crippen LogP contribution in [0.4, 0.5) is 8.78 Å². The Kier molecular flexibility index (Phi) is 3.09. The van der Waals surface area contributed by atoms with Gasteiger partial charge < -0.3 is 0 Å². The second kappa shape index (κ2) is 4.15. The lowest BCUT2D eigenvalue weighted by molar-refractivity contribution is 0.0183. The highest BCUT2D eigenvalue weighted by Crippen LogP contribution is 2.30. The molecule has 17 heavy (non-hydrogen) atoms. The Morgan fingerprint density at radius 2 is 2.12 bits per heavy atom. The van der Waals surface area contributed by atoms with Gasteiger partial charge in [0.1, 0.15) is 10.0 Å². The number of rotatable bonds is 2. The third-order valence-electron chi connectivity index (χ3n) is 2.47. The minimum absolute atomic E-state index is 0.125. The summed E-state index contributed by atoms with van der Waals surface area (Å²) in [6, 6.07) is 2.56. The van der Waals surface area contributed by atoms with E-state index in [0.717, 1.165) is 10.5 Å². The third kappa shape index (κ3) is 2.56. The van der Waals surface area contributed by atoms with Crippen molar-refractivity contribution in [2.24, 2.45) is 0 Å². The quantitative estimate of drug-likeness (QED) is 0.777. The van der Waals surface area contributed by atoms with Crippen molar-refractivity contribution in [2.45, 2.75) is 17.2 Å². The lowest BCUT2D eigenvalue weighted by atomic mass is 10.3. The van der Waals surface area contributed by atoms with Crippen LogP contribution in [0.3, 0.4) is 0 Å². The summed E-state index contributed by atoms with van der Waals surface area (Å²) in [5.74, 6) is -2.95. The van der Waals surface area contributed by atoms with Gasteiger partial charge in [-0.15, -0.1) is 0 Å². The van der Waals surface area contributed by atoms with Crippen molar-refractivity contribution in [3.8, 4) is 0 Å². The Balaban J connectivity index is 2.29. The van der Waals surface area contributed by atoms with Crippen LogP contribution in [0.15, 0.2) is 23.2 Å². The zero-order valence-corrected chi connectivity index (χ0v) is 10.2. The highest BCUT2D eigenvalue weighted by atomic mass is 35.5. The molecule has 0 aromatic carbocycles. The van der Waals surface area contributed by atoms with Crippen molar-refractivity contribution in [1.29, 1.82) is 0 Å². The van der Waals surface area contributed by atoms with Gasteiger partial charge in [-0.05, 0) is 12.1 Å². The van der Waals surface area contributed by atoms with Gasteiger partial charge in [0, 0.05) is 19.2 Å². The molecule has 0 aliphatic carbocycles. The van der Waals surface area contributed by atoms with Crippen molar-refractivity contribution in [3.63, 3.8) is 0 Å². The number of hydrogen-bond donors (Lipinski definition) is 0. The van der Waals surface area contributed by atoms with Gasteiger partial charge in [-0.2, -0.15) is 4.31 Å². The number of pyridine rings is 1. The van der Waals surface area contributed by atoms with Crippen molar-refractivity contribution in [3.05, 3.63) is 23.5 Å². The van der Waals surface area contributed by atoms with E-state index < -0.39 is 28.9 Å². The van der Waals surface area contributed by atoms with Gasteiger partial charge >= 0.3 is 0 Å². The minimum atomic E-state index is -3.89. The second-order valence-electron chi connectivity index (χ2n) is 3.76. The van der Waals surface area contributed by atoms with Crippen molar-refractivity contribution >= 4 is 21.6 Å². The van der Waals surface area contributed by atoms with Crippen molar-refractivity contribution in [1.82, 2.24) is 9.29 Å². The van der Waals surface area contributed by atoms with Crippen LogP contribution in [0.2, 0.25) is 5.15 Å². The molecule has 1 aromatic rings. The van der Waals surface area contributed by atoms with E-state index in [9.17, 15) is 17.2 Å². The Bertz CT molecular complexity index is 518. The molecule has 1 aromatic heterocycles. The molecule has 0 atom stereocenters. The van der Waals surface area contributed by atoms with Gasteiger partial charge in [-0.3, -0.25) is 0 Å². The van der Waals surface area contributed by atoms with E-state index in [1.54, 1.807) is 0 Å². The molecule has 4 nitrogen and oxygen atoms in total. The molecule has 1 fully saturated rings. The summed E-state index contributed by atoms with van der Waals surface area (Å²) in [6.45, 7) is -0.962. The van der Waals surface area contributed by atoms with Crippen LogP contribution in [-0.4, -0.2) is 36.7 Å². The molecular formula is C9H9ClF2N2O2S. The van der Waals surface area contributed by atoms with Crippen LogP contribution in [0.25, 0.3) is 0 Å². The number of hydrogen-bond acceptors (Lipinski definition) is 3. The van der Waals surface area contributed by atoms with Gasteiger partial charge in [0.25, 0.3) is 5.92 Å². The summed E-state index contributed by atoms with van der Waals surface area (Å²) >= 11 is 5.53. The smallest absolute Gasteiger partial charge is 0.243 e. The zero-order chi connectivity index (χ0) is 12.7. The Morgan fingerprint density at radius 1 is 1.41 bits per heavy atom. The number of nitrogens with zero attached hydrogens (tertiary/aromatic N) is 2. The van der Waals surface area contributed by atoms with Crippen LogP contribution in [0.5, 0.6) is 0 Å². The Morgan fingerprint density at radius 3 is 2.59 bits per heavy atom. The van der Waals surface area contributed by atoms with Crippen LogP contribution >= 0.6 is 11.6 Å². The first-order valence-corrected chi connectivity index (χ1v) is 6.63. The zero-order valence-electron chi connectivity index (χ0n) is 8.61. The van der Waals surface area contributed by atoms with E-state index in [4.69, 9.17) is 11.6 Å². The predicted molar refractivity (Wildman–Crippen MR) is 57.6 cm³/mol. The summed E-state index contributed by atoms with van der Waals surface area (Å²) in [5.41, 5.74) is 0. The minimum Gasteiger partial charge on any atom is -0.243 e. The summed E-state index contributed by atoms with van der Waals surface area (Å²) < 4.78 is 50.6. The Hall–Kier alpha value is -0.790. The number of halogens is 3. The summed E-state index contributed by atoms with van der Waals surface area (Å²) in [7, 11) is -3.89. The first-order valence-electron chi connectivity index (χ1n) is 4.81. The fourth-order valence-electron chi connectivity index (χ4n) is 1.57. The van der Waals surface area contributed by atoms with E-state index in [1.807, 2.05) is 0 Å². The maximum Gasteiger partial charge on any atom is 0.262 e. The summed E-state index contributed by atoms with van der Waals surface area (Å²) in [5, 5.41) is 0.149. The van der Waals surface area contributed by atoms with Gasteiger partial charge in [0.2, 0.25) is 10.0 Å². The van der Waals surface area contributed by atoms with E-state index in [1.165, 1.54) is 12.1 Å². The molecule has 94 valence electrons. The van der Waals surface area contributed by atoms with E-state index in [0.29, 0.717) is 0 Å². The molecule has 1 saturated heterocycles. The molecule has 0 unspecified atom stereocenters. The lowest BCUT2D eigenvalue weighted by Crippen LogP contribution is -2.31. The first kappa shape index (κ1) is 12.7. The third-order valence-corrected chi connectivity index (χ3v) is 4.52. The number of sulfonamides is 1. The van der Waals surface area contributed by atoms with Gasteiger partial charge in [-0.1, -0.05) is 11.6 Å². The second-order valence-corrected chi connectivity index (χ2v) is 6.09. The van der Waals surface area contributed by atoms with Crippen molar-refractivity contribution in [2.75, 3.05) is 13.1 Å². The molecule has 2 heterocycles. The summed E-state index contributed by atoms with van der Waals surface area (Å²) in [4.78, 5) is 3.50. The van der Waals surface area contributed by atoms with Gasteiger partial charge in [0.15, 0.2) is 0 Å². The fraction of sp³-hybridized carbons (Fsp3) is 0.444. The molecule has 0 bridgehead atoms. The Labute approximate surface area is 102 Å². The topological polar surface area (TPSA) is 50.3 Å². The average Bonchev–Trinajstić information content (AvgIpc) is 2.60. The van der Waals surface area contributed by atoms with Crippen LogP contribution in [0, 0.1) is 0 Å². The number of alkyl halides is 2. The standard InChI is InChI=1S/C9H9ClF2N2O2S/c10-8-2-1-7(5-13-8)17(15,16)14-4-3-9(11,12)6-14/h1-2,5H,3-4,6H2. The van der Waals surface area contributed by atoms with Crippen LogP contribution < -0.4 is 0 Å². The van der Waals surface area contributed by atoms with Crippen molar-refractivity contribution < 1.29 is 17.2 Å². The van der Waals surface area contributed by atoms with Crippen LogP contribution in [-0.2, 0) is 10.0 Å². The van der Waals surface area contributed by atoms with Gasteiger partial charge in [0.05, 0.1) is 6.54 Å². The van der Waals surface area contributed by atoms with Crippen LogP contribution in [0.1, 0.15) is 6.42 Å². The normalized spacial score (nSPS) is 20.6. The molecule has 0 radical (unpaired) electrons. The molecule has 1 aliphatic heterocycles. The van der Waals surface area contributed by atoms with E-state index >= 15 is 0 Å². The highest BCUT2D eigenvalue weighted by molar-refractivity contribution is 7.89. The molecule has 2 rings (SSSR count). The maximum absolute atomic E-state index is 13.0. The SMILES string of the molecule is O=S(=O)(c1ccc(Cl)nc1)N1CCC(F)(F)C1. The summed E-state index contributed by atoms with van der Waals surface area (Å²) in [6.07, 6.45) is 0.612.